The molecule has 0 aromatic rings. The van der Waals surface area contributed by atoms with Gasteiger partial charge >= 0.3 is 0 Å². The minimum atomic E-state index is -1.09. The van der Waals surface area contributed by atoms with Crippen molar-refractivity contribution in [2.24, 2.45) is 5.92 Å². The monoisotopic (exact) mass is 204 g/mol. The third kappa shape index (κ3) is 2.42. The summed E-state index contributed by atoms with van der Waals surface area (Å²) in [7, 11) is 0. The summed E-state index contributed by atoms with van der Waals surface area (Å²) in [5, 5.41) is 33.2. The number of rotatable bonds is 2. The molecule has 82 valence electrons. The molecule has 1 aliphatic rings. The molecule has 1 heterocycles. The molecule has 0 aliphatic carbocycles. The van der Waals surface area contributed by atoms with E-state index in [2.05, 4.69) is 10.6 Å². The quantitative estimate of drug-likeness (QED) is 0.339. The molecule has 0 aromatic carbocycles. The molecule has 1 rings (SSSR count). The van der Waals surface area contributed by atoms with Gasteiger partial charge < -0.3 is 20.6 Å². The van der Waals surface area contributed by atoms with Crippen molar-refractivity contribution in [3.05, 3.63) is 0 Å². The summed E-state index contributed by atoms with van der Waals surface area (Å²) in [6, 6.07) is 0. The highest BCUT2D eigenvalue weighted by molar-refractivity contribution is 5.73. The zero-order valence-electron chi connectivity index (χ0n) is 7.97. The maximum Gasteiger partial charge on any atom is 0.218 e. The number of carbonyl (C=O) groups is 1. The highest BCUT2D eigenvalue weighted by Crippen LogP contribution is 2.14. The summed E-state index contributed by atoms with van der Waals surface area (Å²) in [6.45, 7) is 1.50. The van der Waals surface area contributed by atoms with Crippen molar-refractivity contribution in [2.45, 2.75) is 25.3 Å². The van der Waals surface area contributed by atoms with E-state index >= 15 is 0 Å². The van der Waals surface area contributed by atoms with Crippen LogP contribution in [0.25, 0.3) is 0 Å². The third-order valence-corrected chi connectivity index (χ3v) is 2.37. The average Bonchev–Trinajstić information content (AvgIpc) is 2.13. The van der Waals surface area contributed by atoms with Crippen molar-refractivity contribution >= 4 is 5.91 Å². The summed E-state index contributed by atoms with van der Waals surface area (Å²) in [6.07, 6.45) is -2.76. The summed E-state index contributed by atoms with van der Waals surface area (Å²) in [5.41, 5.74) is 0. The van der Waals surface area contributed by atoms with Gasteiger partial charge in [0.2, 0.25) is 5.91 Å². The summed E-state index contributed by atoms with van der Waals surface area (Å²) in [5.74, 6) is -0.675. The molecular formula is C8H16N2O4. The second kappa shape index (κ2) is 4.70. The van der Waals surface area contributed by atoms with Crippen LogP contribution in [0.2, 0.25) is 0 Å². The molecule has 6 heteroatoms. The predicted molar refractivity (Wildman–Crippen MR) is 48.2 cm³/mol. The van der Waals surface area contributed by atoms with Crippen LogP contribution in [-0.2, 0) is 4.79 Å². The Bertz CT molecular complexity index is 212. The maximum absolute atomic E-state index is 10.7. The van der Waals surface area contributed by atoms with Gasteiger partial charge in [0, 0.05) is 26.0 Å². The van der Waals surface area contributed by atoms with Gasteiger partial charge in [0.05, 0.1) is 6.10 Å². The fourth-order valence-corrected chi connectivity index (χ4v) is 1.52. The zero-order chi connectivity index (χ0) is 10.7. The average molecular weight is 204 g/mol. The van der Waals surface area contributed by atoms with Gasteiger partial charge in [-0.15, -0.1) is 0 Å². The van der Waals surface area contributed by atoms with E-state index in [1.54, 1.807) is 0 Å². The molecule has 0 radical (unpaired) electrons. The van der Waals surface area contributed by atoms with Crippen molar-refractivity contribution in [2.75, 3.05) is 13.2 Å². The van der Waals surface area contributed by atoms with Crippen molar-refractivity contribution < 1.29 is 20.1 Å². The van der Waals surface area contributed by atoms with Crippen LogP contribution in [-0.4, -0.2) is 52.8 Å². The Labute approximate surface area is 81.9 Å². The molecule has 6 nitrogen and oxygen atoms in total. The van der Waals surface area contributed by atoms with E-state index in [-0.39, 0.29) is 12.5 Å². The number of carbonyl (C=O) groups excluding carboxylic acids is 1. The lowest BCUT2D eigenvalue weighted by atomic mass is 9.92. The molecule has 0 bridgehead atoms. The van der Waals surface area contributed by atoms with Crippen LogP contribution in [0.15, 0.2) is 0 Å². The van der Waals surface area contributed by atoms with Gasteiger partial charge in [0.25, 0.3) is 0 Å². The first-order valence-electron chi connectivity index (χ1n) is 4.53. The fraction of sp³-hybridized carbons (Fsp3) is 0.875. The molecule has 14 heavy (non-hydrogen) atoms. The summed E-state index contributed by atoms with van der Waals surface area (Å²) in [4.78, 5) is 10.7. The first-order chi connectivity index (χ1) is 6.56. The van der Waals surface area contributed by atoms with Gasteiger partial charge in [-0.1, -0.05) is 0 Å². The van der Waals surface area contributed by atoms with Crippen LogP contribution >= 0.6 is 0 Å². The van der Waals surface area contributed by atoms with Crippen molar-refractivity contribution in [1.29, 1.82) is 0 Å². The van der Waals surface area contributed by atoms with Gasteiger partial charge in [0.1, 0.15) is 12.3 Å². The minimum Gasteiger partial charge on any atom is -0.396 e. The number of piperidine rings is 1. The normalized spacial score (nSPS) is 38.0. The fourth-order valence-electron chi connectivity index (χ4n) is 1.52. The molecule has 1 aliphatic heterocycles. The van der Waals surface area contributed by atoms with Crippen LogP contribution in [0, 0.1) is 5.92 Å². The lowest BCUT2D eigenvalue weighted by molar-refractivity contribution is -0.124. The summed E-state index contributed by atoms with van der Waals surface area (Å²) >= 11 is 0. The van der Waals surface area contributed by atoms with Crippen LogP contribution < -0.4 is 10.6 Å². The Morgan fingerprint density at radius 3 is 2.64 bits per heavy atom. The first-order valence-corrected chi connectivity index (χ1v) is 4.53. The van der Waals surface area contributed by atoms with Crippen LogP contribution in [0.1, 0.15) is 6.92 Å². The molecule has 1 saturated heterocycles. The Morgan fingerprint density at radius 2 is 2.14 bits per heavy atom. The van der Waals surface area contributed by atoms with Crippen LogP contribution in [0.5, 0.6) is 0 Å². The van der Waals surface area contributed by atoms with Crippen molar-refractivity contribution in [3.63, 3.8) is 0 Å². The SMILES string of the molecule is CC(=O)NC1NC[C@H](CO)[C@@H](O)[C@@H]1O. The number of amides is 1. The van der Waals surface area contributed by atoms with Crippen LogP contribution in [0.4, 0.5) is 0 Å². The smallest absolute Gasteiger partial charge is 0.218 e. The van der Waals surface area contributed by atoms with E-state index in [1.807, 2.05) is 0 Å². The largest absolute Gasteiger partial charge is 0.396 e. The van der Waals surface area contributed by atoms with E-state index in [9.17, 15) is 15.0 Å². The lowest BCUT2D eigenvalue weighted by Gasteiger charge is -2.37. The Kier molecular flexibility index (Phi) is 3.82. The Hall–Kier alpha value is -0.690. The van der Waals surface area contributed by atoms with Crippen molar-refractivity contribution in [3.8, 4) is 0 Å². The molecule has 4 atom stereocenters. The molecule has 0 aromatic heterocycles. The Balaban J connectivity index is 2.54. The standard InChI is InChI=1S/C8H16N2O4/c1-4(12)10-8-7(14)6(13)5(3-11)2-9-8/h5-9,11,13-14H,2-3H2,1H3,(H,10,12)/t5-,6-,7+,8?/m1/s1. The first kappa shape index (κ1) is 11.4. The van der Waals surface area contributed by atoms with Gasteiger partial charge in [0.15, 0.2) is 0 Å². The lowest BCUT2D eigenvalue weighted by Crippen LogP contribution is -2.64. The number of hydrogen-bond acceptors (Lipinski definition) is 5. The molecule has 1 amide bonds. The van der Waals surface area contributed by atoms with Gasteiger partial charge in [-0.2, -0.15) is 0 Å². The Morgan fingerprint density at radius 1 is 1.50 bits per heavy atom. The molecule has 1 fully saturated rings. The summed E-state index contributed by atoms with van der Waals surface area (Å²) < 4.78 is 0. The van der Waals surface area contributed by atoms with Crippen molar-refractivity contribution in [1.82, 2.24) is 10.6 Å². The molecule has 5 N–H and O–H groups in total. The number of aliphatic hydroxyl groups is 3. The second-order valence-corrected chi connectivity index (χ2v) is 3.51. The minimum absolute atomic E-state index is 0.196. The maximum atomic E-state index is 10.7. The highest BCUT2D eigenvalue weighted by atomic mass is 16.3. The molecule has 0 saturated carbocycles. The van der Waals surface area contributed by atoms with Gasteiger partial charge in [-0.25, -0.2) is 0 Å². The highest BCUT2D eigenvalue weighted by Gasteiger charge is 2.36. The predicted octanol–water partition coefficient (Wildman–Crippen LogP) is -2.62. The number of nitrogens with one attached hydrogen (secondary N) is 2. The molecular weight excluding hydrogens is 188 g/mol. The van der Waals surface area contributed by atoms with Gasteiger partial charge in [-0.05, 0) is 0 Å². The topological polar surface area (TPSA) is 102 Å². The number of hydrogen-bond donors (Lipinski definition) is 5. The van der Waals surface area contributed by atoms with E-state index in [0.29, 0.717) is 6.54 Å². The molecule has 1 unspecified atom stereocenters. The van der Waals surface area contributed by atoms with Crippen LogP contribution in [0.3, 0.4) is 0 Å². The van der Waals surface area contributed by atoms with E-state index in [0.717, 1.165) is 0 Å². The van der Waals surface area contributed by atoms with Gasteiger partial charge in [-0.3, -0.25) is 10.1 Å². The third-order valence-electron chi connectivity index (χ3n) is 2.37. The molecule has 0 spiro atoms. The second-order valence-electron chi connectivity index (χ2n) is 3.51. The van der Waals surface area contributed by atoms with E-state index in [4.69, 9.17) is 5.11 Å². The number of aliphatic hydroxyl groups excluding tert-OH is 3. The van der Waals surface area contributed by atoms with E-state index < -0.39 is 24.3 Å². The zero-order valence-corrected chi connectivity index (χ0v) is 7.97. The van der Waals surface area contributed by atoms with E-state index in [1.165, 1.54) is 6.92 Å².